The fourth-order valence-corrected chi connectivity index (χ4v) is 3.92. The zero-order valence-corrected chi connectivity index (χ0v) is 13.5. The van der Waals surface area contributed by atoms with Crippen molar-refractivity contribution in [3.63, 3.8) is 0 Å². The molecule has 1 N–H and O–H groups in total. The first kappa shape index (κ1) is 17.5. The molecule has 0 spiro atoms. The standard InChI is InChI=1S/C15H28O4S/c1-3-4-6-13-7-10-15(11-8-13,14(16)17)9-5-12-20(2,18)19/h13H,3-12H2,1-2H3,(H,16,17). The summed E-state index contributed by atoms with van der Waals surface area (Å²) in [5, 5.41) is 9.53. The van der Waals surface area contributed by atoms with Gasteiger partial charge in [-0.25, -0.2) is 8.42 Å². The number of hydrogen-bond donors (Lipinski definition) is 1. The lowest BCUT2D eigenvalue weighted by Gasteiger charge is -2.37. The van der Waals surface area contributed by atoms with Crippen LogP contribution in [0.1, 0.15) is 64.7 Å². The van der Waals surface area contributed by atoms with E-state index in [0.29, 0.717) is 31.6 Å². The Labute approximate surface area is 122 Å². The Morgan fingerprint density at radius 3 is 2.30 bits per heavy atom. The fraction of sp³-hybridized carbons (Fsp3) is 0.933. The highest BCUT2D eigenvalue weighted by Gasteiger charge is 2.41. The Balaban J connectivity index is 2.51. The first-order chi connectivity index (χ1) is 9.29. The summed E-state index contributed by atoms with van der Waals surface area (Å²) in [4.78, 5) is 11.6. The van der Waals surface area contributed by atoms with Crippen LogP contribution >= 0.6 is 0 Å². The van der Waals surface area contributed by atoms with Gasteiger partial charge in [0.25, 0.3) is 0 Å². The molecular formula is C15H28O4S. The molecule has 0 aliphatic heterocycles. The van der Waals surface area contributed by atoms with Crippen LogP contribution in [0, 0.1) is 11.3 Å². The topological polar surface area (TPSA) is 71.4 Å². The van der Waals surface area contributed by atoms with Crippen LogP contribution in [0.2, 0.25) is 0 Å². The van der Waals surface area contributed by atoms with Gasteiger partial charge in [-0.2, -0.15) is 0 Å². The van der Waals surface area contributed by atoms with Crippen molar-refractivity contribution in [1.82, 2.24) is 0 Å². The molecule has 1 saturated carbocycles. The van der Waals surface area contributed by atoms with Crippen LogP contribution in [-0.4, -0.2) is 31.5 Å². The van der Waals surface area contributed by atoms with E-state index in [1.165, 1.54) is 25.5 Å². The number of sulfone groups is 1. The van der Waals surface area contributed by atoms with Crippen molar-refractivity contribution in [1.29, 1.82) is 0 Å². The molecule has 0 aromatic rings. The quantitative estimate of drug-likeness (QED) is 0.747. The van der Waals surface area contributed by atoms with Gasteiger partial charge in [0.05, 0.1) is 5.41 Å². The smallest absolute Gasteiger partial charge is 0.309 e. The SMILES string of the molecule is CCCCC1CCC(CCCS(C)(=O)=O)(C(=O)O)CC1. The predicted molar refractivity (Wildman–Crippen MR) is 80.5 cm³/mol. The molecule has 1 rings (SSSR count). The molecule has 0 aromatic carbocycles. The molecule has 5 heteroatoms. The average Bonchev–Trinajstić information content (AvgIpc) is 2.36. The number of carboxylic acid groups (broad SMARTS) is 1. The number of carboxylic acids is 1. The molecule has 0 radical (unpaired) electrons. The van der Waals surface area contributed by atoms with Gasteiger partial charge in [-0.3, -0.25) is 4.79 Å². The summed E-state index contributed by atoms with van der Waals surface area (Å²) < 4.78 is 22.3. The van der Waals surface area contributed by atoms with E-state index in [0.717, 1.165) is 12.8 Å². The maximum absolute atomic E-state index is 11.6. The molecule has 118 valence electrons. The second-order valence-corrected chi connectivity index (χ2v) is 8.66. The first-order valence-corrected chi connectivity index (χ1v) is 9.76. The Bertz CT molecular complexity index is 406. The van der Waals surface area contributed by atoms with Crippen molar-refractivity contribution in [3.8, 4) is 0 Å². The normalized spacial score (nSPS) is 27.4. The number of hydrogen-bond acceptors (Lipinski definition) is 3. The predicted octanol–water partition coefficient (Wildman–Crippen LogP) is 3.26. The molecule has 0 amide bonds. The van der Waals surface area contributed by atoms with Crippen molar-refractivity contribution in [3.05, 3.63) is 0 Å². The second kappa shape index (κ2) is 7.43. The van der Waals surface area contributed by atoms with Crippen LogP contribution < -0.4 is 0 Å². The van der Waals surface area contributed by atoms with Gasteiger partial charge in [0.15, 0.2) is 0 Å². The molecule has 0 bridgehead atoms. The van der Waals surface area contributed by atoms with Crippen molar-refractivity contribution >= 4 is 15.8 Å². The molecular weight excluding hydrogens is 276 g/mol. The lowest BCUT2D eigenvalue weighted by Crippen LogP contribution is -2.36. The van der Waals surface area contributed by atoms with Crippen molar-refractivity contribution in [2.45, 2.75) is 64.7 Å². The Kier molecular flexibility index (Phi) is 6.49. The summed E-state index contributed by atoms with van der Waals surface area (Å²) in [5.74, 6) is 0.0265. The molecule has 1 fully saturated rings. The first-order valence-electron chi connectivity index (χ1n) is 7.70. The number of unbranched alkanes of at least 4 members (excludes halogenated alkanes) is 1. The van der Waals surface area contributed by atoms with Crippen LogP contribution in [-0.2, 0) is 14.6 Å². The van der Waals surface area contributed by atoms with Crippen LogP contribution in [0.15, 0.2) is 0 Å². The van der Waals surface area contributed by atoms with Gasteiger partial charge in [0.2, 0.25) is 0 Å². The van der Waals surface area contributed by atoms with Crippen molar-refractivity contribution < 1.29 is 18.3 Å². The molecule has 0 atom stereocenters. The Hall–Kier alpha value is -0.580. The van der Waals surface area contributed by atoms with Gasteiger partial charge in [0.1, 0.15) is 9.84 Å². The fourth-order valence-electron chi connectivity index (χ4n) is 3.26. The molecule has 20 heavy (non-hydrogen) atoms. The molecule has 0 saturated heterocycles. The molecule has 0 unspecified atom stereocenters. The molecule has 4 nitrogen and oxygen atoms in total. The van der Waals surface area contributed by atoms with E-state index in [2.05, 4.69) is 6.92 Å². The maximum atomic E-state index is 11.6. The largest absolute Gasteiger partial charge is 0.481 e. The van der Waals surface area contributed by atoms with Gasteiger partial charge < -0.3 is 5.11 Å². The van der Waals surface area contributed by atoms with Crippen molar-refractivity contribution in [2.24, 2.45) is 11.3 Å². The lowest BCUT2D eigenvalue weighted by molar-refractivity contribution is -0.152. The van der Waals surface area contributed by atoms with E-state index in [1.807, 2.05) is 0 Å². The zero-order valence-electron chi connectivity index (χ0n) is 12.7. The minimum Gasteiger partial charge on any atom is -0.481 e. The molecule has 1 aliphatic carbocycles. The van der Waals surface area contributed by atoms with E-state index in [1.54, 1.807) is 0 Å². The van der Waals surface area contributed by atoms with E-state index >= 15 is 0 Å². The zero-order chi connectivity index (χ0) is 15.2. The highest BCUT2D eigenvalue weighted by Crippen LogP contribution is 2.44. The van der Waals surface area contributed by atoms with Crippen LogP contribution in [0.3, 0.4) is 0 Å². The minimum atomic E-state index is -2.99. The minimum absolute atomic E-state index is 0.0985. The number of rotatable bonds is 8. The lowest BCUT2D eigenvalue weighted by atomic mass is 9.67. The Morgan fingerprint density at radius 1 is 1.25 bits per heavy atom. The molecule has 0 heterocycles. The second-order valence-electron chi connectivity index (χ2n) is 6.40. The van der Waals surface area contributed by atoms with E-state index in [4.69, 9.17) is 0 Å². The van der Waals surface area contributed by atoms with E-state index in [9.17, 15) is 18.3 Å². The maximum Gasteiger partial charge on any atom is 0.309 e. The summed E-state index contributed by atoms with van der Waals surface area (Å²) >= 11 is 0. The van der Waals surface area contributed by atoms with Crippen molar-refractivity contribution in [2.75, 3.05) is 12.0 Å². The third-order valence-electron chi connectivity index (χ3n) is 4.65. The van der Waals surface area contributed by atoms with Gasteiger partial charge >= 0.3 is 5.97 Å². The summed E-state index contributed by atoms with van der Waals surface area (Å²) in [6.45, 7) is 2.18. The van der Waals surface area contributed by atoms with E-state index in [-0.39, 0.29) is 5.75 Å². The number of aliphatic carboxylic acids is 1. The van der Waals surface area contributed by atoms with Crippen LogP contribution in [0.25, 0.3) is 0 Å². The molecule has 1 aliphatic rings. The van der Waals surface area contributed by atoms with E-state index < -0.39 is 21.2 Å². The molecule has 0 aromatic heterocycles. The monoisotopic (exact) mass is 304 g/mol. The summed E-state index contributed by atoms with van der Waals surface area (Å²) in [6, 6.07) is 0. The highest BCUT2D eigenvalue weighted by atomic mass is 32.2. The van der Waals surface area contributed by atoms with Gasteiger partial charge in [-0.15, -0.1) is 0 Å². The number of carbonyl (C=O) groups is 1. The summed E-state index contributed by atoms with van der Waals surface area (Å²) in [5.41, 5.74) is -0.673. The van der Waals surface area contributed by atoms with Crippen LogP contribution in [0.5, 0.6) is 0 Å². The Morgan fingerprint density at radius 2 is 1.85 bits per heavy atom. The summed E-state index contributed by atoms with van der Waals surface area (Å²) in [6.07, 6.45) is 9.16. The van der Waals surface area contributed by atoms with Crippen LogP contribution in [0.4, 0.5) is 0 Å². The average molecular weight is 304 g/mol. The third kappa shape index (κ3) is 5.43. The third-order valence-corrected chi connectivity index (χ3v) is 5.68. The van der Waals surface area contributed by atoms with Gasteiger partial charge in [-0.1, -0.05) is 26.2 Å². The summed E-state index contributed by atoms with van der Waals surface area (Å²) in [7, 11) is -2.99. The van der Waals surface area contributed by atoms with Gasteiger partial charge in [0, 0.05) is 12.0 Å². The highest BCUT2D eigenvalue weighted by molar-refractivity contribution is 7.90. The van der Waals surface area contributed by atoms with Gasteiger partial charge in [-0.05, 0) is 44.4 Å².